The number of amides is 2. The van der Waals surface area contributed by atoms with Gasteiger partial charge in [0.1, 0.15) is 4.62 Å². The van der Waals surface area contributed by atoms with Gasteiger partial charge in [-0.1, -0.05) is 11.7 Å². The van der Waals surface area contributed by atoms with Crippen LogP contribution in [0.15, 0.2) is 17.9 Å². The summed E-state index contributed by atoms with van der Waals surface area (Å²) in [4.78, 5) is 23.7. The molecule has 2 N–H and O–H groups in total. The van der Waals surface area contributed by atoms with Crippen LogP contribution in [0.1, 0.15) is 6.42 Å². The van der Waals surface area contributed by atoms with Gasteiger partial charge in [-0.05, 0) is 22.1 Å². The zero-order chi connectivity index (χ0) is 10.8. The van der Waals surface area contributed by atoms with Crippen LogP contribution in [-0.4, -0.2) is 23.7 Å². The summed E-state index contributed by atoms with van der Waals surface area (Å²) in [5, 5.41) is 8.17. The van der Waals surface area contributed by atoms with E-state index in [1.807, 2.05) is 0 Å². The van der Waals surface area contributed by atoms with Crippen LogP contribution in [-0.2, 0) is 14.4 Å². The van der Waals surface area contributed by atoms with Crippen molar-refractivity contribution in [3.05, 3.63) is 12.8 Å². The number of nitrogens with zero attached hydrogens (tertiary/aromatic N) is 1. The minimum Gasteiger partial charge on any atom is -0.369 e. The van der Waals surface area contributed by atoms with E-state index < -0.39 is 0 Å². The summed E-state index contributed by atoms with van der Waals surface area (Å²) < 4.78 is 0.724. The van der Waals surface area contributed by atoms with Crippen molar-refractivity contribution in [1.29, 1.82) is 0 Å². The van der Waals surface area contributed by atoms with Gasteiger partial charge in [0.2, 0.25) is 19.0 Å². The van der Waals surface area contributed by atoms with Gasteiger partial charge in [-0.2, -0.15) is 0 Å². The first kappa shape index (κ1) is 12.6. The average molecular weight is 264 g/mol. The number of hydrogen-bond donors (Lipinski definition) is 2. The molecular weight excluding hydrogens is 254 g/mol. The lowest BCUT2D eigenvalue weighted by Gasteiger charge is -2.02. The van der Waals surface area contributed by atoms with Crippen molar-refractivity contribution in [1.82, 2.24) is 10.6 Å². The second-order valence-corrected chi connectivity index (χ2v) is 2.95. The Hall–Kier alpha value is -1.37. The van der Waals surface area contributed by atoms with Crippen molar-refractivity contribution < 1.29 is 14.4 Å². The number of oxime groups is 1. The van der Waals surface area contributed by atoms with E-state index in [9.17, 15) is 9.59 Å². The summed E-state index contributed by atoms with van der Waals surface area (Å²) in [6.07, 6.45) is 2.79. The van der Waals surface area contributed by atoms with Gasteiger partial charge in [0, 0.05) is 0 Å². The first-order valence-corrected chi connectivity index (χ1v) is 4.42. The van der Waals surface area contributed by atoms with Crippen molar-refractivity contribution in [3.8, 4) is 0 Å². The second kappa shape index (κ2) is 8.24. The zero-order valence-electron chi connectivity index (χ0n) is 7.27. The normalized spacial score (nSPS) is 17.8. The molecule has 0 saturated carbocycles. The summed E-state index contributed by atoms with van der Waals surface area (Å²) >= 11 is 3.12. The Morgan fingerprint density at radius 2 is 2.29 bits per heavy atom. The van der Waals surface area contributed by atoms with Crippen molar-refractivity contribution in [2.24, 2.45) is 5.16 Å². The summed E-state index contributed by atoms with van der Waals surface area (Å²) in [6, 6.07) is 0. The summed E-state index contributed by atoms with van der Waals surface area (Å²) in [5.74, 6) is 0. The molecule has 0 aliphatic carbocycles. The highest BCUT2D eigenvalue weighted by Gasteiger charge is 2.16. The second-order valence-electron chi connectivity index (χ2n) is 2.04. The van der Waals surface area contributed by atoms with E-state index in [1.165, 1.54) is 6.20 Å². The highest BCUT2D eigenvalue weighted by Crippen LogP contribution is 2.10. The lowest BCUT2D eigenvalue weighted by molar-refractivity contribution is -0.113. The topological polar surface area (TPSA) is 79.8 Å². The van der Waals surface area contributed by atoms with E-state index in [0.717, 1.165) is 4.62 Å². The first-order chi connectivity index (χ1) is 6.74. The van der Waals surface area contributed by atoms with Crippen molar-refractivity contribution in [2.75, 3.05) is 0 Å². The summed E-state index contributed by atoms with van der Waals surface area (Å²) in [6.45, 7) is 3.21. The van der Waals surface area contributed by atoms with E-state index in [1.54, 1.807) is 0 Å². The number of carbonyl (C=O) groups is 2. The lowest BCUT2D eigenvalue weighted by atomic mass is 10.4. The number of rotatable bonds is 4. The van der Waals surface area contributed by atoms with Gasteiger partial charge < -0.3 is 15.5 Å². The van der Waals surface area contributed by atoms with Crippen LogP contribution in [0.4, 0.5) is 0 Å². The number of carbonyl (C=O) groups excluding carboxylic acids is 2. The molecule has 0 saturated heterocycles. The predicted molar refractivity (Wildman–Crippen MR) is 54.4 cm³/mol. The molecule has 1 heterocycles. The molecule has 1 aliphatic rings. The van der Waals surface area contributed by atoms with Gasteiger partial charge in [-0.3, -0.25) is 9.59 Å². The molecule has 0 radical (unpaired) electrons. The molecular formula is C7H10BrN3O3. The fourth-order valence-corrected chi connectivity index (χ4v) is 0.939. The molecule has 0 fully saturated rings. The number of nitrogens with one attached hydrogen (secondary N) is 2. The van der Waals surface area contributed by atoms with Crippen molar-refractivity contribution >= 4 is 33.4 Å². The Morgan fingerprint density at radius 3 is 2.57 bits per heavy atom. The third kappa shape index (κ3) is 6.18. The predicted octanol–water partition coefficient (Wildman–Crippen LogP) is 0.0631. The van der Waals surface area contributed by atoms with E-state index in [0.29, 0.717) is 19.2 Å². The fraction of sp³-hybridized carbons (Fsp3) is 0.286. The highest BCUT2D eigenvalue weighted by atomic mass is 79.9. The summed E-state index contributed by atoms with van der Waals surface area (Å²) in [7, 11) is 0. The molecule has 14 heavy (non-hydrogen) atoms. The molecule has 2 amide bonds. The maximum atomic E-state index is 9.81. The molecule has 0 aromatic rings. The van der Waals surface area contributed by atoms with Crippen molar-refractivity contribution in [2.45, 2.75) is 12.6 Å². The van der Waals surface area contributed by atoms with E-state index in [2.05, 4.69) is 38.3 Å². The van der Waals surface area contributed by atoms with Crippen LogP contribution in [0, 0.1) is 0 Å². The van der Waals surface area contributed by atoms with Gasteiger partial charge in [-0.25, -0.2) is 0 Å². The van der Waals surface area contributed by atoms with Crippen LogP contribution in [0.2, 0.25) is 0 Å². The van der Waals surface area contributed by atoms with Crippen LogP contribution in [0.3, 0.4) is 0 Å². The molecule has 1 unspecified atom stereocenters. The number of hydrogen-bond acceptors (Lipinski definition) is 4. The molecule has 0 aromatic carbocycles. The average Bonchev–Trinajstić information content (AvgIpc) is 2.55. The third-order valence-corrected chi connectivity index (χ3v) is 1.54. The van der Waals surface area contributed by atoms with Gasteiger partial charge in [0.05, 0.1) is 6.42 Å². The van der Waals surface area contributed by atoms with Gasteiger partial charge >= 0.3 is 0 Å². The molecule has 1 atom stereocenters. The molecule has 0 spiro atoms. The Balaban J connectivity index is 0.000000292. The smallest absolute Gasteiger partial charge is 0.211 e. The summed E-state index contributed by atoms with van der Waals surface area (Å²) in [5.41, 5.74) is 0. The molecule has 1 rings (SSSR count). The minimum absolute atomic E-state index is 0.281. The van der Waals surface area contributed by atoms with E-state index in [-0.39, 0.29) is 6.23 Å². The molecule has 1 aliphatic heterocycles. The quantitative estimate of drug-likeness (QED) is 0.705. The Bertz CT molecular complexity index is 226. The van der Waals surface area contributed by atoms with Crippen molar-refractivity contribution in [3.63, 3.8) is 0 Å². The Labute approximate surface area is 89.5 Å². The SMILES string of the molecule is C=CNC=O.O=CNC1CC(Br)=NO1. The maximum Gasteiger partial charge on any atom is 0.211 e. The third-order valence-electron chi connectivity index (χ3n) is 1.07. The first-order valence-electron chi connectivity index (χ1n) is 3.63. The Kier molecular flexibility index (Phi) is 7.43. The number of halogens is 1. The van der Waals surface area contributed by atoms with E-state index >= 15 is 0 Å². The Morgan fingerprint density at radius 1 is 1.57 bits per heavy atom. The molecule has 6 nitrogen and oxygen atoms in total. The monoisotopic (exact) mass is 263 g/mol. The van der Waals surface area contributed by atoms with Gasteiger partial charge in [0.25, 0.3) is 0 Å². The molecule has 78 valence electrons. The van der Waals surface area contributed by atoms with Gasteiger partial charge in [0.15, 0.2) is 0 Å². The maximum absolute atomic E-state index is 9.81. The van der Waals surface area contributed by atoms with Crippen LogP contribution in [0.5, 0.6) is 0 Å². The lowest BCUT2D eigenvalue weighted by Crippen LogP contribution is -2.26. The largest absolute Gasteiger partial charge is 0.369 e. The highest BCUT2D eigenvalue weighted by molar-refractivity contribution is 9.18. The molecule has 7 heteroatoms. The minimum atomic E-state index is -0.281. The van der Waals surface area contributed by atoms with Gasteiger partial charge in [-0.15, -0.1) is 0 Å². The molecule has 0 bridgehead atoms. The molecule has 0 aromatic heterocycles. The standard InChI is InChI=1S/C4H5BrN2O2.C3H5NO/c5-3-1-4(6-2-8)9-7-3;1-2-4-3-5/h2,4H,1H2,(H,6,8);2-3H,1H2,(H,4,5). The van der Waals surface area contributed by atoms with Crippen LogP contribution >= 0.6 is 15.9 Å². The van der Waals surface area contributed by atoms with Crippen LogP contribution in [0.25, 0.3) is 0 Å². The zero-order valence-corrected chi connectivity index (χ0v) is 8.86. The van der Waals surface area contributed by atoms with Crippen LogP contribution < -0.4 is 10.6 Å². The van der Waals surface area contributed by atoms with E-state index in [4.69, 9.17) is 4.84 Å². The fourth-order valence-electron chi connectivity index (χ4n) is 0.562.